The van der Waals surface area contributed by atoms with E-state index < -0.39 is 62.1 Å². The first-order valence-corrected chi connectivity index (χ1v) is 22.7. The van der Waals surface area contributed by atoms with Crippen LogP contribution < -0.4 is 5.32 Å². The largest absolute Gasteiger partial charge is 0.464 e. The quantitative estimate of drug-likeness (QED) is 0.0274. The molecule has 0 aliphatic carbocycles. The minimum absolute atomic E-state index is 0.0245. The van der Waals surface area contributed by atoms with Gasteiger partial charge in [-0.2, -0.15) is 0 Å². The fraction of sp³-hybridized carbons (Fsp3) is 0.857. The molecule has 0 aromatic rings. The molecule has 0 radical (unpaired) electrons. The maximum Gasteiger partial charge on any atom is 0.408 e. The lowest BCUT2D eigenvalue weighted by molar-refractivity contribution is -0.161. The zero-order valence-corrected chi connectivity index (χ0v) is 31.1. The Morgan fingerprint density at radius 3 is 1.93 bits per heavy atom. The summed E-state index contributed by atoms with van der Waals surface area (Å²) in [4.78, 5) is 49.8. The molecule has 0 spiro atoms. The maximum absolute atomic E-state index is 12.8. The van der Waals surface area contributed by atoms with E-state index in [1.54, 1.807) is 20.8 Å². The van der Waals surface area contributed by atoms with Crippen molar-refractivity contribution in [2.24, 2.45) is 0 Å². The van der Waals surface area contributed by atoms with E-state index in [1.807, 2.05) is 0 Å². The van der Waals surface area contributed by atoms with Gasteiger partial charge in [-0.15, -0.1) is 0 Å². The number of aliphatic hydroxyl groups is 2. The highest BCUT2D eigenvalue weighted by molar-refractivity contribution is 8.60. The Morgan fingerprint density at radius 2 is 1.40 bits per heavy atom. The molecule has 264 valence electrons. The smallest absolute Gasteiger partial charge is 0.408 e. The van der Waals surface area contributed by atoms with Gasteiger partial charge in [-0.1, -0.05) is 44.7 Å². The molecule has 3 N–H and O–H groups in total. The molecule has 0 saturated carbocycles. The third-order valence-corrected chi connectivity index (χ3v) is 9.69. The second-order valence-corrected chi connectivity index (χ2v) is 23.5. The molecule has 0 bridgehead atoms. The summed E-state index contributed by atoms with van der Waals surface area (Å²) < 4.78 is 32.7. The molecule has 0 aliphatic rings. The number of aliphatic hydroxyl groups excluding tert-OH is 2. The lowest BCUT2D eigenvalue weighted by Crippen LogP contribution is -2.47. The SMILES string of the molecule is CC(C)(C)OC(=O)N[C@@H](COP(=S)(S)OC[C@@H](COC(=O)CCCCCO)OC(=O)CCCCCO)C(=O)OCC[Si](C)(C)C. The number of rotatable bonds is 24. The highest BCUT2D eigenvalue weighted by Gasteiger charge is 2.29. The lowest BCUT2D eigenvalue weighted by Gasteiger charge is -2.25. The first kappa shape index (κ1) is 43.7. The summed E-state index contributed by atoms with van der Waals surface area (Å²) >= 11 is 9.70. The summed E-state index contributed by atoms with van der Waals surface area (Å²) in [5, 5.41) is 20.3. The van der Waals surface area contributed by atoms with E-state index >= 15 is 0 Å². The second kappa shape index (κ2) is 23.1. The van der Waals surface area contributed by atoms with Gasteiger partial charge in [-0.3, -0.25) is 9.59 Å². The first-order valence-electron chi connectivity index (χ1n) is 15.2. The predicted molar refractivity (Wildman–Crippen MR) is 179 cm³/mol. The van der Waals surface area contributed by atoms with Crippen molar-refractivity contribution in [3.05, 3.63) is 0 Å². The lowest BCUT2D eigenvalue weighted by atomic mass is 10.2. The van der Waals surface area contributed by atoms with Gasteiger partial charge in [0, 0.05) is 34.1 Å². The van der Waals surface area contributed by atoms with Gasteiger partial charge in [0.25, 0.3) is 0 Å². The van der Waals surface area contributed by atoms with Gasteiger partial charge in [-0.05, 0) is 64.3 Å². The fourth-order valence-corrected chi connectivity index (χ4v) is 5.54. The van der Waals surface area contributed by atoms with Crippen LogP contribution in [0, 0.1) is 0 Å². The molecule has 45 heavy (non-hydrogen) atoms. The third kappa shape index (κ3) is 26.5. The number of hydrogen-bond acceptors (Lipinski definition) is 13. The summed E-state index contributed by atoms with van der Waals surface area (Å²) in [5.74, 6) is -1.78. The van der Waals surface area contributed by atoms with Crippen molar-refractivity contribution in [1.82, 2.24) is 5.32 Å². The van der Waals surface area contributed by atoms with Crippen molar-refractivity contribution in [1.29, 1.82) is 0 Å². The van der Waals surface area contributed by atoms with Gasteiger partial charge in [0.15, 0.2) is 12.1 Å². The van der Waals surface area contributed by atoms with E-state index in [1.165, 1.54) is 0 Å². The average Bonchev–Trinajstić information content (AvgIpc) is 2.91. The topological polar surface area (TPSA) is 176 Å². The standard InChI is InChI=1S/C28H54NO12PS2Si/c1-28(2,3)41-27(35)29-23(26(34)36-17-18-45(4,5)6)21-39-42(43,44)38-20-22(40-25(33)14-10-8-12-16-31)19-37-24(32)13-9-7-11-15-30/h22-23,30-31H,7-21H2,1-6H3,(H,29,35)(H,43,44)/t22-,23+/m1/s1. The average molecular weight is 720 g/mol. The second-order valence-electron chi connectivity index (χ2n) is 12.6. The molecular weight excluding hydrogens is 665 g/mol. The minimum atomic E-state index is -3.37. The van der Waals surface area contributed by atoms with Gasteiger partial charge in [0.1, 0.15) is 12.2 Å². The van der Waals surface area contributed by atoms with Crippen molar-refractivity contribution in [3.63, 3.8) is 0 Å². The number of unbranched alkanes of at least 4 members (excludes halogenated alkanes) is 4. The normalized spacial score (nSPS) is 14.5. The molecule has 0 aromatic heterocycles. The van der Waals surface area contributed by atoms with Gasteiger partial charge in [0.05, 0.1) is 19.8 Å². The van der Waals surface area contributed by atoms with Crippen molar-refractivity contribution in [2.45, 2.75) is 116 Å². The van der Waals surface area contributed by atoms with Crippen LogP contribution >= 0.6 is 17.9 Å². The molecule has 0 rings (SSSR count). The predicted octanol–water partition coefficient (Wildman–Crippen LogP) is 4.51. The van der Waals surface area contributed by atoms with Gasteiger partial charge in [0.2, 0.25) is 5.69 Å². The molecule has 0 saturated heterocycles. The Balaban J connectivity index is 5.34. The van der Waals surface area contributed by atoms with Crippen LogP contribution in [-0.2, 0) is 54.2 Å². The molecule has 1 amide bonds. The van der Waals surface area contributed by atoms with E-state index in [0.29, 0.717) is 38.5 Å². The van der Waals surface area contributed by atoms with E-state index in [4.69, 9.17) is 50.0 Å². The van der Waals surface area contributed by atoms with Crippen LogP contribution in [0.15, 0.2) is 0 Å². The van der Waals surface area contributed by atoms with Gasteiger partial charge < -0.3 is 43.5 Å². The number of amides is 1. The maximum atomic E-state index is 12.8. The van der Waals surface area contributed by atoms with Crippen LogP contribution in [0.1, 0.15) is 72.1 Å². The molecule has 0 aliphatic heterocycles. The van der Waals surface area contributed by atoms with Crippen LogP contribution in [0.3, 0.4) is 0 Å². The zero-order valence-electron chi connectivity index (χ0n) is 27.5. The highest BCUT2D eigenvalue weighted by atomic mass is 32.9. The zero-order chi connectivity index (χ0) is 34.5. The highest BCUT2D eigenvalue weighted by Crippen LogP contribution is 2.53. The summed E-state index contributed by atoms with van der Waals surface area (Å²) in [7, 11) is -1.49. The molecular formula is C28H54NO12PS2Si. The van der Waals surface area contributed by atoms with Crippen LogP contribution in [0.25, 0.3) is 0 Å². The number of hydrogen-bond donors (Lipinski definition) is 4. The number of carbonyl (C=O) groups is 4. The third-order valence-electron chi connectivity index (χ3n) is 5.71. The monoisotopic (exact) mass is 719 g/mol. The van der Waals surface area contributed by atoms with E-state index in [2.05, 4.69) is 37.2 Å². The number of thiol groups is 1. The number of ether oxygens (including phenoxy) is 4. The van der Waals surface area contributed by atoms with Crippen molar-refractivity contribution < 1.29 is 57.4 Å². The van der Waals surface area contributed by atoms with E-state index in [0.717, 1.165) is 6.04 Å². The summed E-state index contributed by atoms with van der Waals surface area (Å²) in [6, 6.07) is -0.542. The summed E-state index contributed by atoms with van der Waals surface area (Å²) in [6.07, 6.45) is 1.84. The van der Waals surface area contributed by atoms with Crippen LogP contribution in [-0.4, -0.2) is 99.7 Å². The Morgan fingerprint density at radius 1 is 0.844 bits per heavy atom. The molecule has 0 fully saturated rings. The Kier molecular flexibility index (Phi) is 22.5. The molecule has 3 atom stereocenters. The van der Waals surface area contributed by atoms with E-state index in [9.17, 15) is 19.2 Å². The molecule has 1 unspecified atom stereocenters. The van der Waals surface area contributed by atoms with Crippen LogP contribution in [0.2, 0.25) is 25.7 Å². The Hall–Kier alpha value is -1.26. The molecule has 17 heteroatoms. The van der Waals surface area contributed by atoms with Gasteiger partial charge >= 0.3 is 24.0 Å². The molecule has 13 nitrogen and oxygen atoms in total. The molecule has 0 heterocycles. The fourth-order valence-electron chi connectivity index (χ4n) is 3.30. The van der Waals surface area contributed by atoms with Crippen LogP contribution in [0.5, 0.6) is 0 Å². The van der Waals surface area contributed by atoms with Gasteiger partial charge in [-0.25, -0.2) is 9.59 Å². The Labute approximate surface area is 279 Å². The van der Waals surface area contributed by atoms with Crippen molar-refractivity contribution in [2.75, 3.05) is 39.6 Å². The number of carbonyl (C=O) groups excluding carboxylic acids is 4. The van der Waals surface area contributed by atoms with E-state index in [-0.39, 0.29) is 45.9 Å². The summed E-state index contributed by atoms with van der Waals surface area (Å²) in [6.45, 7) is 10.7. The first-order chi connectivity index (χ1) is 20.9. The number of nitrogens with one attached hydrogen (secondary N) is 1. The summed E-state index contributed by atoms with van der Waals surface area (Å²) in [5.41, 5.74) is -4.18. The van der Waals surface area contributed by atoms with Crippen LogP contribution in [0.4, 0.5) is 4.79 Å². The molecule has 0 aromatic carbocycles. The minimum Gasteiger partial charge on any atom is -0.464 e. The number of esters is 3. The Bertz CT molecular complexity index is 945. The number of alkyl carbamates (subject to hydrolysis) is 1. The van der Waals surface area contributed by atoms with Crippen molar-refractivity contribution >= 4 is 61.8 Å². The van der Waals surface area contributed by atoms with Crippen molar-refractivity contribution in [3.8, 4) is 0 Å².